The van der Waals surface area contributed by atoms with Crippen molar-refractivity contribution in [3.05, 3.63) is 24.2 Å². The highest BCUT2D eigenvalue weighted by Crippen LogP contribution is 2.14. The van der Waals surface area contributed by atoms with Crippen molar-refractivity contribution in [2.45, 2.75) is 19.8 Å². The molecule has 0 aliphatic rings. The van der Waals surface area contributed by atoms with E-state index in [-0.39, 0.29) is 0 Å². The van der Waals surface area contributed by atoms with E-state index < -0.39 is 0 Å². The molecule has 3 heteroatoms. The van der Waals surface area contributed by atoms with Gasteiger partial charge in [-0.05, 0) is 12.5 Å². The van der Waals surface area contributed by atoms with Crippen molar-refractivity contribution in [1.82, 2.24) is 15.2 Å². The molecule has 2 rings (SSSR count). The zero-order valence-electron chi connectivity index (χ0n) is 7.04. The van der Waals surface area contributed by atoms with E-state index in [1.165, 1.54) is 11.1 Å². The number of hydrogen-bond acceptors (Lipinski definition) is 2. The van der Waals surface area contributed by atoms with Crippen LogP contribution in [0.1, 0.15) is 19.0 Å². The van der Waals surface area contributed by atoms with Crippen molar-refractivity contribution in [3.63, 3.8) is 0 Å². The Balaban J connectivity index is 2.55. The molecule has 2 aromatic rings. The van der Waals surface area contributed by atoms with E-state index in [0.29, 0.717) is 0 Å². The van der Waals surface area contributed by atoms with Gasteiger partial charge in [0.25, 0.3) is 0 Å². The van der Waals surface area contributed by atoms with E-state index in [9.17, 15) is 0 Å². The molecule has 0 saturated carbocycles. The highest BCUT2D eigenvalue weighted by Gasteiger charge is 2.02. The van der Waals surface area contributed by atoms with E-state index in [1.54, 1.807) is 12.4 Å². The highest BCUT2D eigenvalue weighted by atomic mass is 15.1. The van der Waals surface area contributed by atoms with Crippen molar-refractivity contribution >= 4 is 10.9 Å². The first-order chi connectivity index (χ1) is 5.92. The molecular weight excluding hydrogens is 150 g/mol. The number of H-pyrrole nitrogens is 1. The van der Waals surface area contributed by atoms with Gasteiger partial charge in [0.1, 0.15) is 5.52 Å². The van der Waals surface area contributed by atoms with Crippen molar-refractivity contribution in [1.29, 1.82) is 0 Å². The number of aryl methyl sites for hydroxylation is 1. The molecule has 0 amide bonds. The summed E-state index contributed by atoms with van der Waals surface area (Å²) in [6.07, 6.45) is 5.78. The number of rotatable bonds is 2. The summed E-state index contributed by atoms with van der Waals surface area (Å²) in [6, 6.07) is 2.00. The van der Waals surface area contributed by atoms with Gasteiger partial charge in [0, 0.05) is 17.3 Å². The third kappa shape index (κ3) is 1.07. The lowest BCUT2D eigenvalue weighted by Crippen LogP contribution is -1.82. The second kappa shape index (κ2) is 2.93. The van der Waals surface area contributed by atoms with Gasteiger partial charge >= 0.3 is 0 Å². The average Bonchev–Trinajstić information content (AvgIpc) is 2.50. The molecular formula is C9H11N3. The molecule has 2 aromatic heterocycles. The lowest BCUT2D eigenvalue weighted by molar-refractivity contribution is 0.874. The Bertz CT molecular complexity index is 378. The molecule has 0 spiro atoms. The van der Waals surface area contributed by atoms with Crippen LogP contribution in [0.3, 0.4) is 0 Å². The lowest BCUT2D eigenvalue weighted by Gasteiger charge is -1.92. The maximum atomic E-state index is 4.15. The Morgan fingerprint density at radius 3 is 3.25 bits per heavy atom. The number of aromatic amines is 1. The van der Waals surface area contributed by atoms with Crippen LogP contribution >= 0.6 is 0 Å². The number of fused-ring (bicyclic) bond motifs is 1. The molecule has 0 unspecified atom stereocenters. The zero-order chi connectivity index (χ0) is 8.39. The number of nitrogens with one attached hydrogen (secondary N) is 1. The van der Waals surface area contributed by atoms with Gasteiger partial charge in [0.15, 0.2) is 0 Å². The van der Waals surface area contributed by atoms with Crippen LogP contribution in [0.5, 0.6) is 0 Å². The van der Waals surface area contributed by atoms with Gasteiger partial charge in [0.05, 0.1) is 6.20 Å². The van der Waals surface area contributed by atoms with E-state index in [1.807, 2.05) is 6.07 Å². The maximum absolute atomic E-state index is 4.15. The quantitative estimate of drug-likeness (QED) is 0.731. The summed E-state index contributed by atoms with van der Waals surface area (Å²) >= 11 is 0. The Kier molecular flexibility index (Phi) is 1.78. The van der Waals surface area contributed by atoms with Gasteiger partial charge in [-0.25, -0.2) is 0 Å². The number of pyridine rings is 1. The molecule has 3 nitrogen and oxygen atoms in total. The van der Waals surface area contributed by atoms with Crippen LogP contribution in [-0.4, -0.2) is 15.2 Å². The standard InChI is InChI=1S/C9H11N3/c1-2-3-8-7-4-5-10-6-9(7)12-11-8/h4-6H,2-3H2,1H3,(H,11,12). The summed E-state index contributed by atoms with van der Waals surface area (Å²) in [4.78, 5) is 4.00. The van der Waals surface area contributed by atoms with Crippen molar-refractivity contribution in [2.24, 2.45) is 0 Å². The molecule has 0 aliphatic heterocycles. The van der Waals surface area contributed by atoms with Gasteiger partial charge in [-0.2, -0.15) is 5.10 Å². The van der Waals surface area contributed by atoms with Gasteiger partial charge in [-0.1, -0.05) is 13.3 Å². The summed E-state index contributed by atoms with van der Waals surface area (Å²) in [5, 5.41) is 8.38. The topological polar surface area (TPSA) is 41.6 Å². The molecule has 0 saturated heterocycles. The van der Waals surface area contributed by atoms with Crippen molar-refractivity contribution in [3.8, 4) is 0 Å². The lowest BCUT2D eigenvalue weighted by atomic mass is 10.2. The predicted octanol–water partition coefficient (Wildman–Crippen LogP) is 1.91. The first-order valence-corrected chi connectivity index (χ1v) is 4.18. The average molecular weight is 161 g/mol. The second-order valence-corrected chi connectivity index (χ2v) is 2.84. The minimum absolute atomic E-state index is 0.959. The fourth-order valence-electron chi connectivity index (χ4n) is 1.36. The molecule has 0 bridgehead atoms. The SMILES string of the molecule is CCCc1[nH]nc2cnccc12. The van der Waals surface area contributed by atoms with E-state index in [2.05, 4.69) is 22.1 Å². The fraction of sp³-hybridized carbons (Fsp3) is 0.333. The van der Waals surface area contributed by atoms with Crippen LogP contribution in [0.2, 0.25) is 0 Å². The number of nitrogens with zero attached hydrogens (tertiary/aromatic N) is 2. The normalized spacial score (nSPS) is 10.8. The minimum atomic E-state index is 0.959. The van der Waals surface area contributed by atoms with Gasteiger partial charge in [-0.3, -0.25) is 10.1 Å². The van der Waals surface area contributed by atoms with Gasteiger partial charge in [0.2, 0.25) is 0 Å². The summed E-state index contributed by atoms with van der Waals surface area (Å²) in [6.45, 7) is 2.16. The molecule has 2 heterocycles. The summed E-state index contributed by atoms with van der Waals surface area (Å²) in [5.74, 6) is 0. The first-order valence-electron chi connectivity index (χ1n) is 4.18. The molecule has 0 aliphatic carbocycles. The summed E-state index contributed by atoms with van der Waals surface area (Å²) in [7, 11) is 0. The molecule has 0 fully saturated rings. The molecule has 0 radical (unpaired) electrons. The zero-order valence-corrected chi connectivity index (χ0v) is 7.04. The highest BCUT2D eigenvalue weighted by molar-refractivity contribution is 5.80. The predicted molar refractivity (Wildman–Crippen MR) is 47.9 cm³/mol. The Labute approximate surface area is 70.8 Å². The van der Waals surface area contributed by atoms with Crippen LogP contribution in [0.4, 0.5) is 0 Å². The maximum Gasteiger partial charge on any atom is 0.111 e. The van der Waals surface area contributed by atoms with Gasteiger partial charge < -0.3 is 0 Å². The Morgan fingerprint density at radius 1 is 1.50 bits per heavy atom. The minimum Gasteiger partial charge on any atom is -0.281 e. The van der Waals surface area contributed by atoms with Crippen LogP contribution in [0.15, 0.2) is 18.5 Å². The largest absolute Gasteiger partial charge is 0.281 e. The van der Waals surface area contributed by atoms with E-state index in [0.717, 1.165) is 18.4 Å². The van der Waals surface area contributed by atoms with E-state index >= 15 is 0 Å². The third-order valence-electron chi connectivity index (χ3n) is 1.94. The monoisotopic (exact) mass is 161 g/mol. The molecule has 1 N–H and O–H groups in total. The molecule has 0 aromatic carbocycles. The Morgan fingerprint density at radius 2 is 2.42 bits per heavy atom. The summed E-state index contributed by atoms with van der Waals surface area (Å²) in [5.41, 5.74) is 2.18. The van der Waals surface area contributed by atoms with Crippen LogP contribution in [0.25, 0.3) is 10.9 Å². The molecule has 0 atom stereocenters. The smallest absolute Gasteiger partial charge is 0.111 e. The van der Waals surface area contributed by atoms with Crippen LogP contribution in [0, 0.1) is 0 Å². The van der Waals surface area contributed by atoms with Crippen molar-refractivity contribution in [2.75, 3.05) is 0 Å². The third-order valence-corrected chi connectivity index (χ3v) is 1.94. The van der Waals surface area contributed by atoms with Crippen LogP contribution < -0.4 is 0 Å². The first kappa shape index (κ1) is 7.28. The van der Waals surface area contributed by atoms with Crippen molar-refractivity contribution < 1.29 is 0 Å². The molecule has 12 heavy (non-hydrogen) atoms. The van der Waals surface area contributed by atoms with Gasteiger partial charge in [-0.15, -0.1) is 0 Å². The van der Waals surface area contributed by atoms with E-state index in [4.69, 9.17) is 0 Å². The second-order valence-electron chi connectivity index (χ2n) is 2.84. The summed E-state index contributed by atoms with van der Waals surface area (Å²) < 4.78 is 0. The number of aromatic nitrogens is 3. The Hall–Kier alpha value is -1.38. The number of hydrogen-bond donors (Lipinski definition) is 1. The fourth-order valence-corrected chi connectivity index (χ4v) is 1.36. The molecule has 62 valence electrons. The van der Waals surface area contributed by atoms with Crippen LogP contribution in [-0.2, 0) is 6.42 Å².